The van der Waals surface area contributed by atoms with Gasteiger partial charge in [0.2, 0.25) is 5.91 Å². The molecular formula is C23H22Cl2N4O3S. The average molecular weight is 505 g/mol. The minimum atomic E-state index is -0.318. The molecule has 1 aliphatic heterocycles. The van der Waals surface area contributed by atoms with E-state index in [1.54, 1.807) is 28.5 Å². The second-order valence-corrected chi connectivity index (χ2v) is 9.13. The van der Waals surface area contributed by atoms with Crippen LogP contribution < -0.4 is 5.32 Å². The van der Waals surface area contributed by atoms with E-state index in [4.69, 9.17) is 27.9 Å². The van der Waals surface area contributed by atoms with Crippen LogP contribution in [0.15, 0.2) is 53.9 Å². The number of halogens is 2. The summed E-state index contributed by atoms with van der Waals surface area (Å²) in [6, 6.07) is 14.6. The largest absolute Gasteiger partial charge is 0.378 e. The SMILES string of the molecule is O=C(CN(Cc1ccccc1)C(=O)c1csc(Nc2cc(Cl)ccc2Cl)n1)N1CCOCC1. The first-order valence-electron chi connectivity index (χ1n) is 10.4. The van der Waals surface area contributed by atoms with E-state index in [9.17, 15) is 9.59 Å². The fraction of sp³-hybridized carbons (Fsp3) is 0.261. The molecule has 33 heavy (non-hydrogen) atoms. The topological polar surface area (TPSA) is 74.8 Å². The molecular weight excluding hydrogens is 483 g/mol. The van der Waals surface area contributed by atoms with Crippen molar-refractivity contribution in [2.24, 2.45) is 0 Å². The second kappa shape index (κ2) is 11.0. The van der Waals surface area contributed by atoms with Crippen molar-refractivity contribution in [3.8, 4) is 0 Å². The van der Waals surface area contributed by atoms with Crippen LogP contribution in [0.1, 0.15) is 16.1 Å². The van der Waals surface area contributed by atoms with Gasteiger partial charge in [0.25, 0.3) is 5.91 Å². The van der Waals surface area contributed by atoms with Gasteiger partial charge in [0.05, 0.1) is 23.9 Å². The summed E-state index contributed by atoms with van der Waals surface area (Å²) in [6.45, 7) is 2.33. The van der Waals surface area contributed by atoms with Gasteiger partial charge in [-0.1, -0.05) is 53.5 Å². The maximum Gasteiger partial charge on any atom is 0.274 e. The van der Waals surface area contributed by atoms with Gasteiger partial charge < -0.3 is 19.9 Å². The smallest absolute Gasteiger partial charge is 0.274 e. The lowest BCUT2D eigenvalue weighted by atomic mass is 10.2. The van der Waals surface area contributed by atoms with E-state index in [2.05, 4.69) is 10.3 Å². The molecule has 0 saturated carbocycles. The zero-order valence-electron chi connectivity index (χ0n) is 17.7. The molecule has 0 atom stereocenters. The van der Waals surface area contributed by atoms with Gasteiger partial charge in [-0.2, -0.15) is 0 Å². The maximum atomic E-state index is 13.4. The second-order valence-electron chi connectivity index (χ2n) is 7.43. The van der Waals surface area contributed by atoms with E-state index >= 15 is 0 Å². The number of amides is 2. The molecule has 2 amide bonds. The van der Waals surface area contributed by atoms with Crippen LogP contribution in [0.25, 0.3) is 0 Å². The van der Waals surface area contributed by atoms with Crippen molar-refractivity contribution in [1.82, 2.24) is 14.8 Å². The number of carbonyl (C=O) groups is 2. The molecule has 0 radical (unpaired) electrons. The van der Waals surface area contributed by atoms with Crippen molar-refractivity contribution < 1.29 is 14.3 Å². The van der Waals surface area contributed by atoms with E-state index in [0.717, 1.165) is 5.56 Å². The average Bonchev–Trinajstić information content (AvgIpc) is 3.30. The first kappa shape index (κ1) is 23.5. The lowest BCUT2D eigenvalue weighted by molar-refractivity contribution is -0.136. The Hall–Kier alpha value is -2.65. The van der Waals surface area contributed by atoms with Crippen molar-refractivity contribution in [2.75, 3.05) is 38.2 Å². The molecule has 10 heteroatoms. The van der Waals surface area contributed by atoms with Crippen LogP contribution in [0, 0.1) is 0 Å². The van der Waals surface area contributed by atoms with Gasteiger partial charge >= 0.3 is 0 Å². The zero-order chi connectivity index (χ0) is 23.2. The zero-order valence-corrected chi connectivity index (χ0v) is 20.0. The molecule has 0 aliphatic carbocycles. The number of benzene rings is 2. The number of hydrogen-bond donors (Lipinski definition) is 1. The van der Waals surface area contributed by atoms with Crippen molar-refractivity contribution in [1.29, 1.82) is 0 Å². The van der Waals surface area contributed by atoms with Gasteiger partial charge in [-0.05, 0) is 23.8 Å². The Morgan fingerprint density at radius 2 is 1.88 bits per heavy atom. The maximum absolute atomic E-state index is 13.4. The van der Waals surface area contributed by atoms with Gasteiger partial charge in [-0.3, -0.25) is 9.59 Å². The van der Waals surface area contributed by atoms with Crippen LogP contribution >= 0.6 is 34.5 Å². The summed E-state index contributed by atoms with van der Waals surface area (Å²) in [5.74, 6) is -0.427. The molecule has 1 saturated heterocycles. The Morgan fingerprint density at radius 1 is 1.12 bits per heavy atom. The molecule has 1 aliphatic rings. The number of hydrogen-bond acceptors (Lipinski definition) is 6. The Labute approximate surface area is 205 Å². The molecule has 0 bridgehead atoms. The predicted octanol–water partition coefficient (Wildman–Crippen LogP) is 4.69. The highest BCUT2D eigenvalue weighted by atomic mass is 35.5. The molecule has 2 aromatic carbocycles. The fourth-order valence-electron chi connectivity index (χ4n) is 3.38. The van der Waals surface area contributed by atoms with Crippen LogP contribution in [0.3, 0.4) is 0 Å². The van der Waals surface area contributed by atoms with Crippen LogP contribution in [-0.2, 0) is 16.1 Å². The molecule has 4 rings (SSSR count). The van der Waals surface area contributed by atoms with Gasteiger partial charge in [0, 0.05) is 30.0 Å². The van der Waals surface area contributed by atoms with Gasteiger partial charge in [0.1, 0.15) is 12.2 Å². The van der Waals surface area contributed by atoms with Crippen LogP contribution in [-0.4, -0.2) is 59.4 Å². The van der Waals surface area contributed by atoms with E-state index < -0.39 is 0 Å². The van der Waals surface area contributed by atoms with Crippen molar-refractivity contribution >= 4 is 57.2 Å². The monoisotopic (exact) mass is 504 g/mol. The number of rotatable bonds is 7. The molecule has 0 spiro atoms. The number of morpholine rings is 1. The Balaban J connectivity index is 1.51. The van der Waals surface area contributed by atoms with Crippen molar-refractivity contribution in [3.63, 3.8) is 0 Å². The molecule has 7 nitrogen and oxygen atoms in total. The Morgan fingerprint density at radius 3 is 2.64 bits per heavy atom. The summed E-state index contributed by atoms with van der Waals surface area (Å²) < 4.78 is 5.33. The third-order valence-corrected chi connectivity index (χ3v) is 6.41. The Kier molecular flexibility index (Phi) is 7.82. The third kappa shape index (κ3) is 6.23. The van der Waals surface area contributed by atoms with Crippen LogP contribution in [0.4, 0.5) is 10.8 Å². The molecule has 172 valence electrons. The van der Waals surface area contributed by atoms with Gasteiger partial charge in [-0.25, -0.2) is 4.98 Å². The fourth-order valence-corrected chi connectivity index (χ4v) is 4.41. The van der Waals surface area contributed by atoms with Gasteiger partial charge in [-0.15, -0.1) is 11.3 Å². The summed E-state index contributed by atoms with van der Waals surface area (Å²) in [7, 11) is 0. The highest BCUT2D eigenvalue weighted by Gasteiger charge is 2.25. The number of nitrogens with one attached hydrogen (secondary N) is 1. The summed E-state index contributed by atoms with van der Waals surface area (Å²) in [5, 5.41) is 6.29. The summed E-state index contributed by atoms with van der Waals surface area (Å²) in [4.78, 5) is 33.9. The first-order valence-corrected chi connectivity index (χ1v) is 12.0. The number of thiazole rings is 1. The molecule has 1 aromatic heterocycles. The highest BCUT2D eigenvalue weighted by molar-refractivity contribution is 7.14. The quantitative estimate of drug-likeness (QED) is 0.504. The normalized spacial score (nSPS) is 13.6. The minimum Gasteiger partial charge on any atom is -0.378 e. The third-order valence-electron chi connectivity index (χ3n) is 5.09. The van der Waals surface area contributed by atoms with Crippen molar-refractivity contribution in [2.45, 2.75) is 6.54 Å². The molecule has 0 unspecified atom stereocenters. The molecule has 1 fully saturated rings. The number of aromatic nitrogens is 1. The first-order chi connectivity index (χ1) is 16.0. The highest BCUT2D eigenvalue weighted by Crippen LogP contribution is 2.30. The van der Waals surface area contributed by atoms with Crippen LogP contribution in [0.5, 0.6) is 0 Å². The summed E-state index contributed by atoms with van der Waals surface area (Å²) >= 11 is 13.5. The summed E-state index contributed by atoms with van der Waals surface area (Å²) in [6.07, 6.45) is 0. The van der Waals surface area contributed by atoms with E-state index in [0.29, 0.717) is 53.7 Å². The van der Waals surface area contributed by atoms with Gasteiger partial charge in [0.15, 0.2) is 5.13 Å². The molecule has 2 heterocycles. The molecule has 1 N–H and O–H groups in total. The van der Waals surface area contributed by atoms with E-state index in [1.807, 2.05) is 30.3 Å². The predicted molar refractivity (Wildman–Crippen MR) is 130 cm³/mol. The number of anilines is 2. The van der Waals surface area contributed by atoms with Crippen LogP contribution in [0.2, 0.25) is 10.0 Å². The number of carbonyl (C=O) groups excluding carboxylic acids is 2. The lowest BCUT2D eigenvalue weighted by Gasteiger charge is -2.30. The minimum absolute atomic E-state index is 0.0336. The van der Waals surface area contributed by atoms with Crippen molar-refractivity contribution in [3.05, 3.63) is 75.2 Å². The number of nitrogens with zero attached hydrogens (tertiary/aromatic N) is 3. The standard InChI is InChI=1S/C23H22Cl2N4O3S/c24-17-6-7-18(25)19(12-17)26-23-27-20(15-33-23)22(31)29(13-16-4-2-1-3-5-16)14-21(30)28-8-10-32-11-9-28/h1-7,12,15H,8-11,13-14H2,(H,26,27). The lowest BCUT2D eigenvalue weighted by Crippen LogP contribution is -2.47. The molecule has 3 aromatic rings. The summed E-state index contributed by atoms with van der Waals surface area (Å²) in [5.41, 5.74) is 1.78. The Bertz CT molecular complexity index is 1120. The number of ether oxygens (including phenoxy) is 1. The van der Waals surface area contributed by atoms with E-state index in [-0.39, 0.29) is 24.1 Å². The van der Waals surface area contributed by atoms with E-state index in [1.165, 1.54) is 16.2 Å².